The van der Waals surface area contributed by atoms with Crippen molar-refractivity contribution < 1.29 is 9.15 Å². The van der Waals surface area contributed by atoms with Crippen LogP contribution in [0, 0.1) is 13.8 Å². The van der Waals surface area contributed by atoms with E-state index in [1.165, 1.54) is 12.8 Å². The first-order valence-corrected chi connectivity index (χ1v) is 12.1. The van der Waals surface area contributed by atoms with Crippen molar-refractivity contribution in [3.8, 4) is 17.1 Å². The summed E-state index contributed by atoms with van der Waals surface area (Å²) in [5.74, 6) is 1.35. The molecule has 1 fully saturated rings. The average molecular weight is 477 g/mol. The normalized spacial score (nSPS) is 16.8. The minimum absolute atomic E-state index is 0.00396. The van der Waals surface area contributed by atoms with Crippen LogP contribution in [0.15, 0.2) is 68.6 Å². The Morgan fingerprint density at radius 1 is 1.15 bits per heavy atom. The summed E-state index contributed by atoms with van der Waals surface area (Å²) in [6.45, 7) is 6.69. The minimum atomic E-state index is -0.0606. The summed E-state index contributed by atoms with van der Waals surface area (Å²) in [6.07, 6.45) is 6.37. The van der Waals surface area contributed by atoms with E-state index in [4.69, 9.17) is 20.8 Å². The number of halogens is 1. The second kappa shape index (κ2) is 8.88. The maximum Gasteiger partial charge on any atom is 0.196 e. The summed E-state index contributed by atoms with van der Waals surface area (Å²) in [6, 6.07) is 12.1. The molecule has 1 N–H and O–H groups in total. The number of fused-ring (bicyclic) bond motifs is 1. The average Bonchev–Trinajstić information content (AvgIpc) is 3.68. The Labute approximate surface area is 204 Å². The summed E-state index contributed by atoms with van der Waals surface area (Å²) >= 11 is 6.42. The highest BCUT2D eigenvalue weighted by Crippen LogP contribution is 2.35. The molecule has 2 heterocycles. The van der Waals surface area contributed by atoms with E-state index < -0.39 is 0 Å². The van der Waals surface area contributed by atoms with Crippen molar-refractivity contribution in [3.05, 3.63) is 86.3 Å². The number of methoxy groups -OCH3 is 1. The van der Waals surface area contributed by atoms with Crippen LogP contribution in [0.2, 0.25) is 0 Å². The van der Waals surface area contributed by atoms with Gasteiger partial charge >= 0.3 is 0 Å². The topological polar surface area (TPSA) is 54.7 Å². The fourth-order valence-electron chi connectivity index (χ4n) is 4.62. The summed E-state index contributed by atoms with van der Waals surface area (Å²) in [5.41, 5.74) is 5.15. The molecule has 34 heavy (non-hydrogen) atoms. The molecule has 176 valence electrons. The lowest BCUT2D eigenvalue weighted by Gasteiger charge is -2.30. The van der Waals surface area contributed by atoms with Gasteiger partial charge in [-0.05, 0) is 81.7 Å². The van der Waals surface area contributed by atoms with Gasteiger partial charge in [0, 0.05) is 28.4 Å². The molecule has 0 saturated heterocycles. The fourth-order valence-corrected chi connectivity index (χ4v) is 4.88. The molecule has 1 unspecified atom stereocenters. The first-order valence-electron chi connectivity index (χ1n) is 11.7. The number of rotatable bonds is 6. The molecule has 5 rings (SSSR count). The van der Waals surface area contributed by atoms with E-state index >= 15 is 0 Å². The van der Waals surface area contributed by atoms with Crippen molar-refractivity contribution in [2.45, 2.75) is 45.7 Å². The van der Waals surface area contributed by atoms with Gasteiger partial charge in [-0.25, -0.2) is 0 Å². The van der Waals surface area contributed by atoms with Gasteiger partial charge in [0.05, 0.1) is 25.1 Å². The number of aryl methyl sites for hydroxylation is 1. The quantitative estimate of drug-likeness (QED) is 0.430. The van der Waals surface area contributed by atoms with Gasteiger partial charge in [-0.1, -0.05) is 17.7 Å². The molecular weight excluding hydrogens is 448 g/mol. The third kappa shape index (κ3) is 4.21. The SMILES string of the molecule is COc1ccc(-c2oc3c(C(C)NC4=CC=C(Cl)N(C5CC5)C4)cc(C)cc3c(=O)c2C)cc1. The van der Waals surface area contributed by atoms with Crippen molar-refractivity contribution in [1.82, 2.24) is 10.2 Å². The van der Waals surface area contributed by atoms with Crippen LogP contribution in [-0.4, -0.2) is 24.6 Å². The van der Waals surface area contributed by atoms with Crippen LogP contribution in [0.25, 0.3) is 22.3 Å². The fraction of sp³-hybridized carbons (Fsp3) is 0.321. The number of nitrogens with one attached hydrogen (secondary N) is 1. The predicted molar refractivity (Wildman–Crippen MR) is 137 cm³/mol. The van der Waals surface area contributed by atoms with Gasteiger partial charge in [0.2, 0.25) is 0 Å². The molecule has 1 atom stereocenters. The summed E-state index contributed by atoms with van der Waals surface area (Å²) in [5, 5.41) is 5.04. The Hall–Kier alpha value is -3.18. The van der Waals surface area contributed by atoms with E-state index in [0.717, 1.165) is 39.8 Å². The van der Waals surface area contributed by atoms with E-state index in [1.54, 1.807) is 7.11 Å². The van der Waals surface area contributed by atoms with Crippen molar-refractivity contribution in [2.24, 2.45) is 0 Å². The molecule has 1 saturated carbocycles. The Balaban J connectivity index is 1.55. The lowest BCUT2D eigenvalue weighted by Crippen LogP contribution is -2.33. The zero-order chi connectivity index (χ0) is 24.0. The van der Waals surface area contributed by atoms with Gasteiger partial charge in [-0.2, -0.15) is 0 Å². The highest BCUT2D eigenvalue weighted by Gasteiger charge is 2.32. The van der Waals surface area contributed by atoms with Crippen LogP contribution in [0.5, 0.6) is 5.75 Å². The second-order valence-corrected chi connectivity index (χ2v) is 9.64. The lowest BCUT2D eigenvalue weighted by atomic mass is 9.98. The first-order chi connectivity index (χ1) is 16.4. The molecule has 2 aliphatic rings. The molecule has 1 aliphatic carbocycles. The van der Waals surface area contributed by atoms with E-state index in [0.29, 0.717) is 28.3 Å². The number of nitrogens with zero attached hydrogens (tertiary/aromatic N) is 1. The molecule has 0 spiro atoms. The van der Waals surface area contributed by atoms with Gasteiger partial charge in [-0.3, -0.25) is 4.79 Å². The summed E-state index contributed by atoms with van der Waals surface area (Å²) in [4.78, 5) is 15.6. The highest BCUT2D eigenvalue weighted by molar-refractivity contribution is 6.29. The maximum absolute atomic E-state index is 13.4. The van der Waals surface area contributed by atoms with Crippen molar-refractivity contribution in [2.75, 3.05) is 13.7 Å². The Morgan fingerprint density at radius 3 is 2.56 bits per heavy atom. The maximum atomic E-state index is 13.4. The predicted octanol–water partition coefficient (Wildman–Crippen LogP) is 6.18. The molecule has 0 radical (unpaired) electrons. The molecule has 5 nitrogen and oxygen atoms in total. The number of benzene rings is 2. The van der Waals surface area contributed by atoms with E-state index in [1.807, 2.05) is 56.3 Å². The van der Waals surface area contributed by atoms with Crippen LogP contribution in [0.4, 0.5) is 0 Å². The molecule has 0 amide bonds. The largest absolute Gasteiger partial charge is 0.497 e. The van der Waals surface area contributed by atoms with Crippen LogP contribution in [0.1, 0.15) is 42.5 Å². The minimum Gasteiger partial charge on any atom is -0.497 e. The molecule has 0 bridgehead atoms. The third-order valence-corrected chi connectivity index (χ3v) is 6.98. The molecule has 6 heteroatoms. The van der Waals surface area contributed by atoms with Gasteiger partial charge < -0.3 is 19.4 Å². The molecule has 1 aromatic heterocycles. The van der Waals surface area contributed by atoms with Gasteiger partial charge in [-0.15, -0.1) is 0 Å². The molecule has 2 aromatic carbocycles. The monoisotopic (exact) mass is 476 g/mol. The Morgan fingerprint density at radius 2 is 1.88 bits per heavy atom. The number of hydrogen-bond acceptors (Lipinski definition) is 5. The van der Waals surface area contributed by atoms with Crippen LogP contribution in [0.3, 0.4) is 0 Å². The number of allylic oxidation sites excluding steroid dienone is 2. The molecular formula is C28H29ClN2O3. The summed E-state index contributed by atoms with van der Waals surface area (Å²) in [7, 11) is 1.63. The summed E-state index contributed by atoms with van der Waals surface area (Å²) < 4.78 is 11.7. The van der Waals surface area contributed by atoms with Crippen molar-refractivity contribution in [1.29, 1.82) is 0 Å². The van der Waals surface area contributed by atoms with E-state index in [2.05, 4.69) is 23.2 Å². The first kappa shape index (κ1) is 22.6. The second-order valence-electron chi connectivity index (χ2n) is 9.25. The Kier molecular flexibility index (Phi) is 5.90. The van der Waals surface area contributed by atoms with Gasteiger partial charge in [0.1, 0.15) is 22.2 Å². The molecule has 3 aromatic rings. The van der Waals surface area contributed by atoms with Gasteiger partial charge in [0.15, 0.2) is 5.43 Å². The number of hydrogen-bond donors (Lipinski definition) is 1. The van der Waals surface area contributed by atoms with Crippen LogP contribution >= 0.6 is 11.6 Å². The standard InChI is InChI=1S/C28H29ClN2O3/c1-16-13-23(18(3)30-20-7-12-25(29)31(15-20)21-8-9-21)28-24(14-16)26(32)17(2)27(34-28)19-5-10-22(33-4)11-6-19/h5-7,10-14,18,21,30H,8-9,15H2,1-4H3. The van der Waals surface area contributed by atoms with Crippen molar-refractivity contribution in [3.63, 3.8) is 0 Å². The van der Waals surface area contributed by atoms with Crippen LogP contribution < -0.4 is 15.5 Å². The zero-order valence-corrected chi connectivity index (χ0v) is 20.7. The highest BCUT2D eigenvalue weighted by atomic mass is 35.5. The van der Waals surface area contributed by atoms with Crippen LogP contribution in [-0.2, 0) is 0 Å². The lowest BCUT2D eigenvalue weighted by molar-refractivity contribution is 0.366. The number of ether oxygens (including phenoxy) is 1. The zero-order valence-electron chi connectivity index (χ0n) is 19.9. The Bertz CT molecular complexity index is 1370. The van der Waals surface area contributed by atoms with E-state index in [9.17, 15) is 4.79 Å². The molecule has 1 aliphatic heterocycles. The third-order valence-electron chi connectivity index (χ3n) is 6.64. The van der Waals surface area contributed by atoms with E-state index in [-0.39, 0.29) is 11.5 Å². The van der Waals surface area contributed by atoms with Gasteiger partial charge in [0.25, 0.3) is 0 Å². The van der Waals surface area contributed by atoms with Crippen molar-refractivity contribution >= 4 is 22.6 Å². The smallest absolute Gasteiger partial charge is 0.196 e.